The molecule has 2 aromatic heterocycles. The third-order valence-electron chi connectivity index (χ3n) is 1.84. The van der Waals surface area contributed by atoms with Gasteiger partial charge in [0.15, 0.2) is 0 Å². The maximum Gasteiger partial charge on any atom is 0.127 e. The molecule has 2 aromatic rings. The van der Waals surface area contributed by atoms with Gasteiger partial charge in [-0.25, -0.2) is 9.97 Å². The topological polar surface area (TPSA) is 64.7 Å². The van der Waals surface area contributed by atoms with Crippen LogP contribution in [-0.2, 0) is 5.75 Å². The summed E-state index contributed by atoms with van der Waals surface area (Å²) in [6, 6.07) is 3.84. The Morgan fingerprint density at radius 3 is 2.87 bits per heavy atom. The molecular weight excluding hydrogens is 208 g/mol. The second-order valence-corrected chi connectivity index (χ2v) is 3.88. The first-order valence-corrected chi connectivity index (χ1v) is 5.43. The number of pyridine rings is 1. The summed E-state index contributed by atoms with van der Waals surface area (Å²) in [6.45, 7) is 0. The van der Waals surface area contributed by atoms with Gasteiger partial charge in [0.1, 0.15) is 10.8 Å². The monoisotopic (exact) mass is 218 g/mol. The van der Waals surface area contributed by atoms with Crippen LogP contribution in [0, 0.1) is 0 Å². The lowest BCUT2D eigenvalue weighted by Gasteiger charge is -2.02. The van der Waals surface area contributed by atoms with Gasteiger partial charge in [0.2, 0.25) is 0 Å². The quantitative estimate of drug-likeness (QED) is 0.795. The molecular formula is C10H10N4S. The maximum absolute atomic E-state index is 5.72. The first kappa shape index (κ1) is 9.92. The van der Waals surface area contributed by atoms with Crippen LogP contribution in [0.15, 0.2) is 41.9 Å². The number of anilines is 1. The predicted octanol–water partition coefficient (Wildman–Crippen LogP) is 1.75. The number of rotatable bonds is 3. The number of nitrogens with two attached hydrogens (primary N) is 1. The van der Waals surface area contributed by atoms with Crippen molar-refractivity contribution in [2.24, 2.45) is 0 Å². The summed E-state index contributed by atoms with van der Waals surface area (Å²) in [5, 5.41) is 0.890. The van der Waals surface area contributed by atoms with E-state index >= 15 is 0 Å². The number of nitrogens with zero attached hydrogens (tertiary/aromatic N) is 3. The summed E-state index contributed by atoms with van der Waals surface area (Å²) in [4.78, 5) is 12.2. The van der Waals surface area contributed by atoms with Gasteiger partial charge in [-0.15, -0.1) is 0 Å². The molecule has 0 unspecified atom stereocenters. The molecule has 0 aliphatic heterocycles. The molecule has 5 heteroatoms. The normalized spacial score (nSPS) is 10.1. The van der Waals surface area contributed by atoms with Crippen LogP contribution in [0.25, 0.3) is 0 Å². The second-order valence-electron chi connectivity index (χ2n) is 2.88. The molecule has 4 nitrogen and oxygen atoms in total. The van der Waals surface area contributed by atoms with Gasteiger partial charge in [-0.1, -0.05) is 17.8 Å². The van der Waals surface area contributed by atoms with Crippen molar-refractivity contribution in [1.29, 1.82) is 0 Å². The van der Waals surface area contributed by atoms with Crippen LogP contribution in [0.3, 0.4) is 0 Å². The molecule has 0 saturated heterocycles. The van der Waals surface area contributed by atoms with Crippen molar-refractivity contribution in [3.05, 3.63) is 42.5 Å². The van der Waals surface area contributed by atoms with Crippen LogP contribution >= 0.6 is 11.8 Å². The fourth-order valence-corrected chi connectivity index (χ4v) is 1.90. The fourth-order valence-electron chi connectivity index (χ4n) is 1.08. The molecule has 2 N–H and O–H groups in total. The van der Waals surface area contributed by atoms with Crippen LogP contribution in [0.2, 0.25) is 0 Å². The van der Waals surface area contributed by atoms with Gasteiger partial charge in [0, 0.05) is 29.9 Å². The minimum atomic E-state index is 0.578. The Balaban J connectivity index is 2.03. The van der Waals surface area contributed by atoms with Crippen molar-refractivity contribution in [3.63, 3.8) is 0 Å². The van der Waals surface area contributed by atoms with Crippen LogP contribution in [0.5, 0.6) is 0 Å². The largest absolute Gasteiger partial charge is 0.383 e. The molecule has 0 spiro atoms. The van der Waals surface area contributed by atoms with Crippen molar-refractivity contribution < 1.29 is 0 Å². The van der Waals surface area contributed by atoms with Gasteiger partial charge in [-0.05, 0) is 6.07 Å². The molecule has 2 heterocycles. The Kier molecular flexibility index (Phi) is 3.14. The molecule has 0 saturated carbocycles. The molecule has 0 atom stereocenters. The molecule has 0 fully saturated rings. The Morgan fingerprint density at radius 1 is 1.20 bits per heavy atom. The highest BCUT2D eigenvalue weighted by atomic mass is 32.2. The first-order valence-electron chi connectivity index (χ1n) is 4.44. The van der Waals surface area contributed by atoms with Gasteiger partial charge in [0.25, 0.3) is 0 Å². The van der Waals surface area contributed by atoms with Crippen LogP contribution in [0.1, 0.15) is 5.56 Å². The van der Waals surface area contributed by atoms with Gasteiger partial charge >= 0.3 is 0 Å². The predicted molar refractivity (Wildman–Crippen MR) is 60.2 cm³/mol. The number of thioether (sulfide) groups is 1. The lowest BCUT2D eigenvalue weighted by atomic mass is 10.3. The highest BCUT2D eigenvalue weighted by Gasteiger charge is 2.00. The number of aromatic nitrogens is 3. The van der Waals surface area contributed by atoms with Crippen LogP contribution in [0.4, 0.5) is 5.82 Å². The zero-order chi connectivity index (χ0) is 10.5. The Hall–Kier alpha value is -1.62. The molecule has 0 aliphatic carbocycles. The third kappa shape index (κ3) is 2.66. The molecule has 0 bridgehead atoms. The molecule has 0 amide bonds. The van der Waals surface area contributed by atoms with Crippen LogP contribution in [-0.4, -0.2) is 15.0 Å². The van der Waals surface area contributed by atoms with Crippen molar-refractivity contribution in [3.8, 4) is 0 Å². The average Bonchev–Trinajstić information content (AvgIpc) is 2.29. The van der Waals surface area contributed by atoms with E-state index in [-0.39, 0.29) is 0 Å². The molecule has 0 radical (unpaired) electrons. The lowest BCUT2D eigenvalue weighted by molar-refractivity contribution is 1.05. The van der Waals surface area contributed by atoms with Crippen molar-refractivity contribution in [1.82, 2.24) is 15.0 Å². The third-order valence-corrected chi connectivity index (χ3v) is 2.80. The van der Waals surface area contributed by atoms with E-state index in [1.807, 2.05) is 12.1 Å². The number of hydrogen-bond acceptors (Lipinski definition) is 5. The Bertz CT molecular complexity index is 432. The second kappa shape index (κ2) is 4.75. The van der Waals surface area contributed by atoms with Gasteiger partial charge < -0.3 is 5.73 Å². The standard InChI is InChI=1S/C10H10N4S/c11-10-8(2-1-3-14-10)7-15-9-6-12-4-5-13-9/h1-6H,7H2,(H2,11,14). The van der Waals surface area contributed by atoms with E-state index in [0.29, 0.717) is 5.82 Å². The smallest absolute Gasteiger partial charge is 0.127 e. The van der Waals surface area contributed by atoms with Crippen LogP contribution < -0.4 is 5.73 Å². The fraction of sp³-hybridized carbons (Fsp3) is 0.100. The summed E-state index contributed by atoms with van der Waals surface area (Å²) < 4.78 is 0. The highest BCUT2D eigenvalue weighted by molar-refractivity contribution is 7.98. The van der Waals surface area contributed by atoms with E-state index < -0.39 is 0 Å². The van der Waals surface area contributed by atoms with Crippen molar-refractivity contribution in [2.75, 3.05) is 5.73 Å². The number of hydrogen-bond donors (Lipinski definition) is 1. The van der Waals surface area contributed by atoms with Crippen molar-refractivity contribution in [2.45, 2.75) is 10.8 Å². The molecule has 0 aliphatic rings. The van der Waals surface area contributed by atoms with E-state index in [0.717, 1.165) is 16.3 Å². The first-order chi connectivity index (χ1) is 7.36. The van der Waals surface area contributed by atoms with E-state index in [1.165, 1.54) is 0 Å². The van der Waals surface area contributed by atoms with Crippen molar-refractivity contribution >= 4 is 17.6 Å². The summed E-state index contributed by atoms with van der Waals surface area (Å²) in [5.74, 6) is 1.34. The van der Waals surface area contributed by atoms with E-state index in [9.17, 15) is 0 Å². The summed E-state index contributed by atoms with van der Waals surface area (Å²) in [6.07, 6.45) is 6.75. The number of nitrogen functional groups attached to an aromatic ring is 1. The zero-order valence-corrected chi connectivity index (χ0v) is 8.81. The average molecular weight is 218 g/mol. The Morgan fingerprint density at radius 2 is 2.13 bits per heavy atom. The molecule has 2 rings (SSSR count). The molecule has 0 aromatic carbocycles. The Labute approximate surface area is 92.0 Å². The SMILES string of the molecule is Nc1ncccc1CSc1cnccn1. The maximum atomic E-state index is 5.72. The lowest BCUT2D eigenvalue weighted by Crippen LogP contribution is -1.95. The van der Waals surface area contributed by atoms with Gasteiger partial charge in [-0.3, -0.25) is 4.98 Å². The molecule has 15 heavy (non-hydrogen) atoms. The summed E-state index contributed by atoms with van der Waals surface area (Å²) in [7, 11) is 0. The molecule has 76 valence electrons. The highest BCUT2D eigenvalue weighted by Crippen LogP contribution is 2.21. The van der Waals surface area contributed by atoms with E-state index in [1.54, 1.807) is 36.5 Å². The summed E-state index contributed by atoms with van der Waals surface area (Å²) >= 11 is 1.59. The van der Waals surface area contributed by atoms with E-state index in [4.69, 9.17) is 5.73 Å². The van der Waals surface area contributed by atoms with Gasteiger partial charge in [-0.2, -0.15) is 0 Å². The van der Waals surface area contributed by atoms with E-state index in [2.05, 4.69) is 15.0 Å². The minimum absolute atomic E-state index is 0.578. The minimum Gasteiger partial charge on any atom is -0.383 e. The zero-order valence-electron chi connectivity index (χ0n) is 8.00. The van der Waals surface area contributed by atoms with Gasteiger partial charge in [0.05, 0.1) is 6.20 Å². The summed E-state index contributed by atoms with van der Waals surface area (Å²) in [5.41, 5.74) is 6.75.